The third-order valence-corrected chi connectivity index (χ3v) is 4.22. The largest absolute Gasteiger partial charge is 0.241 e. The predicted octanol–water partition coefficient (Wildman–Crippen LogP) is 1.90. The van der Waals surface area contributed by atoms with Gasteiger partial charge in [0.05, 0.1) is 17.1 Å². The zero-order chi connectivity index (χ0) is 13.5. The highest BCUT2D eigenvalue weighted by molar-refractivity contribution is 9.10. The molecule has 0 saturated carbocycles. The first-order valence-electron chi connectivity index (χ1n) is 5.15. The molecule has 1 aromatic heterocycles. The molecule has 2 N–H and O–H groups in total. The Labute approximate surface area is 114 Å². The van der Waals surface area contributed by atoms with Crippen LogP contribution in [0.3, 0.4) is 0 Å². The number of nitrogens with two attached hydrogens (primary N) is 1. The van der Waals surface area contributed by atoms with Gasteiger partial charge in [-0.3, -0.25) is 0 Å². The van der Waals surface area contributed by atoms with Gasteiger partial charge in [-0.25, -0.2) is 18.2 Å². The summed E-state index contributed by atoms with van der Waals surface area (Å²) >= 11 is 3.36. The maximum absolute atomic E-state index is 11.5. The third kappa shape index (κ3) is 2.33. The lowest BCUT2D eigenvalue weighted by Gasteiger charge is -2.05. The van der Waals surface area contributed by atoms with E-state index < -0.39 is 10.0 Å². The van der Waals surface area contributed by atoms with Crippen molar-refractivity contribution in [3.63, 3.8) is 0 Å². The van der Waals surface area contributed by atoms with Crippen LogP contribution in [-0.2, 0) is 10.0 Å². The lowest BCUT2D eigenvalue weighted by atomic mass is 10.3. The second-order valence-electron chi connectivity index (χ2n) is 3.94. The normalized spacial score (nSPS) is 11.8. The second-order valence-corrected chi connectivity index (χ2v) is 6.35. The molecule has 1 heterocycles. The van der Waals surface area contributed by atoms with Gasteiger partial charge < -0.3 is 0 Å². The van der Waals surface area contributed by atoms with Gasteiger partial charge in [0.15, 0.2) is 0 Å². The Hall–Kier alpha value is -1.18. The molecule has 0 unspecified atom stereocenters. The third-order valence-electron chi connectivity index (χ3n) is 2.56. The molecule has 0 radical (unpaired) electrons. The number of sulfonamides is 1. The number of hydrogen-bond acceptors (Lipinski definition) is 3. The van der Waals surface area contributed by atoms with Crippen molar-refractivity contribution in [2.45, 2.75) is 18.7 Å². The molecule has 0 bridgehead atoms. The van der Waals surface area contributed by atoms with Gasteiger partial charge >= 0.3 is 0 Å². The minimum Gasteiger partial charge on any atom is -0.236 e. The Bertz CT molecular complexity index is 707. The number of hydrogen-bond donors (Lipinski definition) is 1. The highest BCUT2D eigenvalue weighted by Crippen LogP contribution is 2.22. The first kappa shape index (κ1) is 13.3. The Morgan fingerprint density at radius 2 is 2.00 bits per heavy atom. The van der Waals surface area contributed by atoms with Crippen molar-refractivity contribution in [1.82, 2.24) is 9.78 Å². The molecule has 18 heavy (non-hydrogen) atoms. The molecule has 0 aliphatic heterocycles. The number of nitrogens with zero attached hydrogens (tertiary/aromatic N) is 2. The Morgan fingerprint density at radius 1 is 1.33 bits per heavy atom. The molecule has 0 fully saturated rings. The van der Waals surface area contributed by atoms with E-state index >= 15 is 0 Å². The van der Waals surface area contributed by atoms with Crippen LogP contribution in [0.5, 0.6) is 0 Å². The molecule has 0 saturated heterocycles. The predicted molar refractivity (Wildman–Crippen MR) is 72.1 cm³/mol. The maximum Gasteiger partial charge on any atom is 0.241 e. The van der Waals surface area contributed by atoms with Crippen LogP contribution in [-0.4, -0.2) is 18.2 Å². The average molecular weight is 330 g/mol. The molecule has 0 atom stereocenters. The van der Waals surface area contributed by atoms with E-state index in [1.807, 2.05) is 24.3 Å². The van der Waals surface area contributed by atoms with Crippen molar-refractivity contribution >= 4 is 26.0 Å². The van der Waals surface area contributed by atoms with Crippen molar-refractivity contribution in [1.29, 1.82) is 0 Å². The fourth-order valence-electron chi connectivity index (χ4n) is 1.90. The van der Waals surface area contributed by atoms with Crippen LogP contribution in [0, 0.1) is 13.8 Å². The summed E-state index contributed by atoms with van der Waals surface area (Å²) < 4.78 is 25.5. The quantitative estimate of drug-likeness (QED) is 0.913. The lowest BCUT2D eigenvalue weighted by molar-refractivity contribution is 0.596. The Morgan fingerprint density at radius 3 is 2.50 bits per heavy atom. The van der Waals surface area contributed by atoms with E-state index in [-0.39, 0.29) is 4.90 Å². The fraction of sp³-hybridized carbons (Fsp3) is 0.182. The van der Waals surface area contributed by atoms with E-state index in [0.29, 0.717) is 11.4 Å². The summed E-state index contributed by atoms with van der Waals surface area (Å²) in [6.07, 6.45) is 0. The van der Waals surface area contributed by atoms with Crippen molar-refractivity contribution < 1.29 is 8.42 Å². The molecule has 1 aromatic carbocycles. The zero-order valence-corrected chi connectivity index (χ0v) is 12.3. The molecule has 96 valence electrons. The van der Waals surface area contributed by atoms with Gasteiger partial charge in [0.25, 0.3) is 0 Å². The van der Waals surface area contributed by atoms with Gasteiger partial charge in [-0.15, -0.1) is 0 Å². The average Bonchev–Trinajstić information content (AvgIpc) is 2.53. The van der Waals surface area contributed by atoms with Gasteiger partial charge in [-0.05, 0) is 32.0 Å². The number of primary sulfonamides is 1. The first-order valence-corrected chi connectivity index (χ1v) is 7.49. The van der Waals surface area contributed by atoms with E-state index in [4.69, 9.17) is 5.14 Å². The molecule has 0 amide bonds. The van der Waals surface area contributed by atoms with Gasteiger partial charge in [-0.1, -0.05) is 22.0 Å². The van der Waals surface area contributed by atoms with E-state index in [0.717, 1.165) is 10.2 Å². The lowest BCUT2D eigenvalue weighted by Crippen LogP contribution is -2.14. The smallest absolute Gasteiger partial charge is 0.236 e. The highest BCUT2D eigenvalue weighted by Gasteiger charge is 2.21. The SMILES string of the molecule is Cc1nn(-c2cccc(Br)c2)c(C)c1S(N)(=O)=O. The van der Waals surface area contributed by atoms with Crippen molar-refractivity contribution in [3.8, 4) is 5.69 Å². The minimum atomic E-state index is -3.76. The monoisotopic (exact) mass is 329 g/mol. The molecule has 0 aliphatic carbocycles. The van der Waals surface area contributed by atoms with E-state index in [9.17, 15) is 8.42 Å². The molecular weight excluding hydrogens is 318 g/mol. The summed E-state index contributed by atoms with van der Waals surface area (Å²) in [5.74, 6) is 0. The van der Waals surface area contributed by atoms with E-state index in [1.54, 1.807) is 18.5 Å². The molecule has 7 heteroatoms. The summed E-state index contributed by atoms with van der Waals surface area (Å²) in [4.78, 5) is 0.0856. The van der Waals surface area contributed by atoms with Crippen LogP contribution < -0.4 is 5.14 Å². The fourth-order valence-corrected chi connectivity index (χ4v) is 3.24. The molecule has 0 aliphatic rings. The number of halogens is 1. The zero-order valence-electron chi connectivity index (χ0n) is 9.88. The number of rotatable bonds is 2. The second kappa shape index (κ2) is 4.49. The molecular formula is C11H12BrN3O2S. The van der Waals surface area contributed by atoms with Crippen molar-refractivity contribution in [3.05, 3.63) is 40.1 Å². The first-order chi connectivity index (χ1) is 8.30. The summed E-state index contributed by atoms with van der Waals surface area (Å²) in [5.41, 5.74) is 1.68. The Kier molecular flexibility index (Phi) is 3.31. The van der Waals surface area contributed by atoms with Crippen LogP contribution in [0.2, 0.25) is 0 Å². The van der Waals surface area contributed by atoms with Gasteiger partial charge in [0.2, 0.25) is 10.0 Å². The number of aryl methyl sites for hydroxylation is 1. The summed E-state index contributed by atoms with van der Waals surface area (Å²) in [6.45, 7) is 3.31. The highest BCUT2D eigenvalue weighted by atomic mass is 79.9. The summed E-state index contributed by atoms with van der Waals surface area (Å²) in [5, 5.41) is 9.41. The summed E-state index contributed by atoms with van der Waals surface area (Å²) in [7, 11) is -3.76. The summed E-state index contributed by atoms with van der Waals surface area (Å²) in [6, 6.07) is 7.44. The van der Waals surface area contributed by atoms with Gasteiger partial charge in [0.1, 0.15) is 4.90 Å². The van der Waals surface area contributed by atoms with Crippen LogP contribution >= 0.6 is 15.9 Å². The van der Waals surface area contributed by atoms with Crippen molar-refractivity contribution in [2.75, 3.05) is 0 Å². The van der Waals surface area contributed by atoms with Crippen molar-refractivity contribution in [2.24, 2.45) is 5.14 Å². The van der Waals surface area contributed by atoms with Crippen LogP contribution in [0.4, 0.5) is 0 Å². The maximum atomic E-state index is 11.5. The molecule has 2 rings (SSSR count). The topological polar surface area (TPSA) is 78.0 Å². The van der Waals surface area contributed by atoms with Gasteiger partial charge in [0, 0.05) is 4.47 Å². The molecule has 0 spiro atoms. The van der Waals surface area contributed by atoms with Gasteiger partial charge in [-0.2, -0.15) is 5.10 Å². The number of aromatic nitrogens is 2. The van der Waals surface area contributed by atoms with Crippen LogP contribution in [0.1, 0.15) is 11.4 Å². The minimum absolute atomic E-state index is 0.0856. The van der Waals surface area contributed by atoms with Crippen LogP contribution in [0.15, 0.2) is 33.6 Å². The standard InChI is InChI=1S/C11H12BrN3O2S/c1-7-11(18(13,16)17)8(2)15(14-7)10-5-3-4-9(12)6-10/h3-6H,1-2H3,(H2,13,16,17). The molecule has 2 aromatic rings. The Balaban J connectivity index is 2.69. The number of benzene rings is 1. The molecule has 5 nitrogen and oxygen atoms in total. The van der Waals surface area contributed by atoms with E-state index in [2.05, 4.69) is 21.0 Å². The van der Waals surface area contributed by atoms with E-state index in [1.165, 1.54) is 0 Å². The van der Waals surface area contributed by atoms with Crippen LogP contribution in [0.25, 0.3) is 5.69 Å².